The van der Waals surface area contributed by atoms with Gasteiger partial charge >= 0.3 is 6.09 Å². The first-order chi connectivity index (χ1) is 10.9. The summed E-state index contributed by atoms with van der Waals surface area (Å²) in [7, 11) is 0. The second-order valence-electron chi connectivity index (χ2n) is 6.44. The second-order valence-corrected chi connectivity index (χ2v) is 6.44. The van der Waals surface area contributed by atoms with Crippen molar-refractivity contribution in [3.8, 4) is 0 Å². The van der Waals surface area contributed by atoms with Gasteiger partial charge in [0.25, 0.3) is 0 Å². The van der Waals surface area contributed by atoms with Crippen molar-refractivity contribution in [3.63, 3.8) is 0 Å². The number of hydrogen-bond acceptors (Lipinski definition) is 4. The number of ether oxygens (including phenoxy) is 3. The molecule has 1 aliphatic rings. The maximum atomic E-state index is 11.9. The molecule has 0 aliphatic carbocycles. The molecule has 1 heterocycles. The Kier molecular flexibility index (Phi) is 6.19. The third kappa shape index (κ3) is 6.42. The number of alkyl carbamates (subject to hydrolysis) is 1. The number of benzene rings is 1. The third-order valence-corrected chi connectivity index (χ3v) is 3.24. The van der Waals surface area contributed by atoms with Crippen LogP contribution in [0.25, 0.3) is 0 Å². The molecule has 0 saturated carbocycles. The topological polar surface area (TPSA) is 56.8 Å². The van der Waals surface area contributed by atoms with E-state index in [0.717, 1.165) is 5.56 Å². The first-order valence-corrected chi connectivity index (χ1v) is 7.85. The average molecular weight is 319 g/mol. The van der Waals surface area contributed by atoms with Crippen molar-refractivity contribution >= 4 is 6.09 Å². The highest BCUT2D eigenvalue weighted by Crippen LogP contribution is 2.18. The molecule has 0 aromatic heterocycles. The van der Waals surface area contributed by atoms with Gasteiger partial charge in [0.15, 0.2) is 0 Å². The highest BCUT2D eigenvalue weighted by atomic mass is 16.6. The summed E-state index contributed by atoms with van der Waals surface area (Å²) in [5.41, 5.74) is 0.632. The van der Waals surface area contributed by atoms with Crippen molar-refractivity contribution in [2.75, 3.05) is 13.2 Å². The maximum absolute atomic E-state index is 11.9. The summed E-state index contributed by atoms with van der Waals surface area (Å²) >= 11 is 0. The fraction of sp³-hybridized carbons (Fsp3) is 0.500. The van der Waals surface area contributed by atoms with Crippen LogP contribution in [-0.4, -0.2) is 37.1 Å². The zero-order valence-corrected chi connectivity index (χ0v) is 14.0. The molecule has 0 bridgehead atoms. The molecule has 1 N–H and O–H groups in total. The largest absolute Gasteiger partial charge is 0.445 e. The predicted molar refractivity (Wildman–Crippen MR) is 88.1 cm³/mol. The number of rotatable bonds is 6. The van der Waals surface area contributed by atoms with Crippen molar-refractivity contribution in [2.45, 2.75) is 45.2 Å². The average Bonchev–Trinajstić information content (AvgIpc) is 3.03. The predicted octanol–water partition coefficient (Wildman–Crippen LogP) is 3.05. The number of nitrogens with one attached hydrogen (secondary N) is 1. The lowest BCUT2D eigenvalue weighted by Crippen LogP contribution is -2.44. The molecule has 0 spiro atoms. The van der Waals surface area contributed by atoms with Crippen LogP contribution >= 0.6 is 0 Å². The molecular weight excluding hydrogens is 294 g/mol. The molecule has 2 rings (SSSR count). The SMILES string of the molecule is CC(C)(C)O[C@H](CNC(=O)OCc1ccccc1)[C@@H]1C=CCO1. The summed E-state index contributed by atoms with van der Waals surface area (Å²) < 4.78 is 16.8. The molecule has 5 nitrogen and oxygen atoms in total. The van der Waals surface area contributed by atoms with Crippen molar-refractivity contribution in [3.05, 3.63) is 48.0 Å². The summed E-state index contributed by atoms with van der Waals surface area (Å²) in [5.74, 6) is 0. The highest BCUT2D eigenvalue weighted by Gasteiger charge is 2.28. The highest BCUT2D eigenvalue weighted by molar-refractivity contribution is 5.67. The summed E-state index contributed by atoms with van der Waals surface area (Å²) in [4.78, 5) is 11.9. The minimum atomic E-state index is -0.460. The minimum Gasteiger partial charge on any atom is -0.445 e. The Balaban J connectivity index is 1.80. The van der Waals surface area contributed by atoms with Crippen LogP contribution in [0.4, 0.5) is 4.79 Å². The van der Waals surface area contributed by atoms with E-state index in [1.807, 2.05) is 63.3 Å². The Morgan fingerprint density at radius 3 is 2.70 bits per heavy atom. The lowest BCUT2D eigenvalue weighted by atomic mass is 10.1. The molecule has 1 aromatic carbocycles. The number of amides is 1. The van der Waals surface area contributed by atoms with Crippen LogP contribution in [0.1, 0.15) is 26.3 Å². The maximum Gasteiger partial charge on any atom is 0.407 e. The molecule has 2 atom stereocenters. The van der Waals surface area contributed by atoms with Crippen LogP contribution in [0.2, 0.25) is 0 Å². The number of carbonyl (C=O) groups excluding carboxylic acids is 1. The molecule has 1 amide bonds. The number of hydrogen-bond donors (Lipinski definition) is 1. The summed E-state index contributed by atoms with van der Waals surface area (Å²) in [6, 6.07) is 9.57. The zero-order valence-electron chi connectivity index (χ0n) is 14.0. The molecule has 23 heavy (non-hydrogen) atoms. The first-order valence-electron chi connectivity index (χ1n) is 7.85. The van der Waals surface area contributed by atoms with Gasteiger partial charge in [0.1, 0.15) is 18.8 Å². The third-order valence-electron chi connectivity index (χ3n) is 3.24. The second kappa shape index (κ2) is 8.13. The van der Waals surface area contributed by atoms with E-state index in [0.29, 0.717) is 13.2 Å². The van der Waals surface area contributed by atoms with E-state index < -0.39 is 6.09 Å². The van der Waals surface area contributed by atoms with Crippen LogP contribution in [0, 0.1) is 0 Å². The van der Waals surface area contributed by atoms with Gasteiger partial charge in [0, 0.05) is 0 Å². The Hall–Kier alpha value is -1.85. The molecule has 1 aliphatic heterocycles. The van der Waals surface area contributed by atoms with E-state index in [1.54, 1.807) is 0 Å². The molecule has 1 aromatic rings. The van der Waals surface area contributed by atoms with Crippen LogP contribution < -0.4 is 5.32 Å². The molecule has 0 fully saturated rings. The molecule has 0 saturated heterocycles. The summed E-state index contributed by atoms with van der Waals surface area (Å²) in [6.45, 7) is 7.09. The fourth-order valence-corrected chi connectivity index (χ4v) is 2.28. The van der Waals surface area contributed by atoms with Crippen LogP contribution in [0.5, 0.6) is 0 Å². The van der Waals surface area contributed by atoms with Crippen molar-refractivity contribution in [2.24, 2.45) is 0 Å². The van der Waals surface area contributed by atoms with E-state index in [2.05, 4.69) is 5.32 Å². The Morgan fingerprint density at radius 1 is 1.35 bits per heavy atom. The fourth-order valence-electron chi connectivity index (χ4n) is 2.28. The molecular formula is C18H25NO4. The zero-order chi connectivity index (χ0) is 16.7. The Labute approximate surface area is 137 Å². The lowest BCUT2D eigenvalue weighted by Gasteiger charge is -2.30. The van der Waals surface area contributed by atoms with Gasteiger partial charge in [-0.2, -0.15) is 0 Å². The molecule has 0 radical (unpaired) electrons. The smallest absolute Gasteiger partial charge is 0.407 e. The van der Waals surface area contributed by atoms with Gasteiger partial charge in [0.05, 0.1) is 18.8 Å². The van der Waals surface area contributed by atoms with Gasteiger partial charge in [-0.25, -0.2) is 4.79 Å². The Bertz CT molecular complexity index is 522. The first kappa shape index (κ1) is 17.5. The Morgan fingerprint density at radius 2 is 2.09 bits per heavy atom. The quantitative estimate of drug-likeness (QED) is 0.819. The van der Waals surface area contributed by atoms with E-state index in [4.69, 9.17) is 14.2 Å². The normalized spacial score (nSPS) is 18.7. The molecule has 0 unspecified atom stereocenters. The van der Waals surface area contributed by atoms with E-state index in [-0.39, 0.29) is 24.4 Å². The summed E-state index contributed by atoms with van der Waals surface area (Å²) in [5, 5.41) is 2.75. The van der Waals surface area contributed by atoms with Crippen LogP contribution in [0.15, 0.2) is 42.5 Å². The van der Waals surface area contributed by atoms with E-state index in [9.17, 15) is 4.79 Å². The van der Waals surface area contributed by atoms with Crippen molar-refractivity contribution in [1.82, 2.24) is 5.32 Å². The van der Waals surface area contributed by atoms with Crippen LogP contribution in [-0.2, 0) is 20.8 Å². The number of carbonyl (C=O) groups is 1. The monoisotopic (exact) mass is 319 g/mol. The molecule has 5 heteroatoms. The van der Waals surface area contributed by atoms with Crippen molar-refractivity contribution < 1.29 is 19.0 Å². The van der Waals surface area contributed by atoms with Gasteiger partial charge in [-0.1, -0.05) is 42.5 Å². The minimum absolute atomic E-state index is 0.149. The van der Waals surface area contributed by atoms with Gasteiger partial charge in [0.2, 0.25) is 0 Å². The van der Waals surface area contributed by atoms with Gasteiger partial charge in [-0.3, -0.25) is 0 Å². The van der Waals surface area contributed by atoms with Crippen LogP contribution in [0.3, 0.4) is 0 Å². The van der Waals surface area contributed by atoms with Gasteiger partial charge < -0.3 is 19.5 Å². The molecule has 126 valence electrons. The van der Waals surface area contributed by atoms with E-state index >= 15 is 0 Å². The van der Waals surface area contributed by atoms with Gasteiger partial charge in [-0.15, -0.1) is 0 Å². The standard InChI is InChI=1S/C18H25NO4/c1-18(2,3)23-16(15-10-7-11-21-15)12-19-17(20)22-13-14-8-5-4-6-9-14/h4-10,15-16H,11-13H2,1-3H3,(H,19,20)/t15-,16+/m0/s1. The lowest BCUT2D eigenvalue weighted by molar-refractivity contribution is -0.105. The van der Waals surface area contributed by atoms with Gasteiger partial charge in [-0.05, 0) is 26.3 Å². The van der Waals surface area contributed by atoms with Crippen molar-refractivity contribution in [1.29, 1.82) is 0 Å². The van der Waals surface area contributed by atoms with E-state index in [1.165, 1.54) is 0 Å². The summed E-state index contributed by atoms with van der Waals surface area (Å²) in [6.07, 6.45) is 3.06.